The SMILES string of the molecule is COCCN1C[C@@H]2CNC[C@H](C2)C1. The molecule has 0 spiro atoms. The van der Waals surface area contributed by atoms with Gasteiger partial charge in [0.05, 0.1) is 6.61 Å². The Morgan fingerprint density at radius 3 is 2.62 bits per heavy atom. The highest BCUT2D eigenvalue weighted by Gasteiger charge is 2.29. The van der Waals surface area contributed by atoms with Crippen LogP contribution in [-0.2, 0) is 4.74 Å². The van der Waals surface area contributed by atoms with E-state index >= 15 is 0 Å². The second-order valence-electron chi connectivity index (χ2n) is 4.38. The fourth-order valence-electron chi connectivity index (χ4n) is 2.62. The highest BCUT2D eigenvalue weighted by molar-refractivity contribution is 4.85. The summed E-state index contributed by atoms with van der Waals surface area (Å²) < 4.78 is 5.11. The Hall–Kier alpha value is -0.120. The molecule has 3 heteroatoms. The van der Waals surface area contributed by atoms with Crippen LogP contribution in [0, 0.1) is 11.8 Å². The van der Waals surface area contributed by atoms with Crippen LogP contribution in [0.15, 0.2) is 0 Å². The van der Waals surface area contributed by atoms with E-state index in [-0.39, 0.29) is 0 Å². The van der Waals surface area contributed by atoms with Crippen molar-refractivity contribution in [3.05, 3.63) is 0 Å². The van der Waals surface area contributed by atoms with Gasteiger partial charge in [0, 0.05) is 26.7 Å². The van der Waals surface area contributed by atoms with Crippen molar-refractivity contribution in [3.63, 3.8) is 0 Å². The Morgan fingerprint density at radius 1 is 1.31 bits per heavy atom. The summed E-state index contributed by atoms with van der Waals surface area (Å²) in [5, 5.41) is 3.51. The smallest absolute Gasteiger partial charge is 0.0589 e. The molecule has 0 unspecified atom stereocenters. The summed E-state index contributed by atoms with van der Waals surface area (Å²) in [7, 11) is 1.78. The first-order chi connectivity index (χ1) is 6.38. The lowest BCUT2D eigenvalue weighted by molar-refractivity contribution is 0.0703. The number of ether oxygens (including phenoxy) is 1. The maximum absolute atomic E-state index is 5.11. The van der Waals surface area contributed by atoms with Crippen LogP contribution in [0.1, 0.15) is 6.42 Å². The molecular formula is C10H20N2O. The number of piperidine rings is 2. The molecule has 1 N–H and O–H groups in total. The molecule has 2 heterocycles. The molecule has 2 aliphatic rings. The maximum Gasteiger partial charge on any atom is 0.0589 e. The van der Waals surface area contributed by atoms with Gasteiger partial charge in [-0.25, -0.2) is 0 Å². The zero-order chi connectivity index (χ0) is 9.10. The van der Waals surface area contributed by atoms with Crippen molar-refractivity contribution < 1.29 is 4.74 Å². The first kappa shape index (κ1) is 9.44. The monoisotopic (exact) mass is 184 g/mol. The number of likely N-dealkylation sites (tertiary alicyclic amines) is 1. The Kier molecular flexibility index (Phi) is 3.19. The van der Waals surface area contributed by atoms with Gasteiger partial charge in [0.2, 0.25) is 0 Å². The third-order valence-electron chi connectivity index (χ3n) is 3.18. The Morgan fingerprint density at radius 2 is 2.00 bits per heavy atom. The first-order valence-electron chi connectivity index (χ1n) is 5.30. The number of hydrogen-bond donors (Lipinski definition) is 1. The van der Waals surface area contributed by atoms with E-state index in [0.29, 0.717) is 0 Å². The summed E-state index contributed by atoms with van der Waals surface area (Å²) >= 11 is 0. The molecule has 2 saturated heterocycles. The first-order valence-corrected chi connectivity index (χ1v) is 5.30. The van der Waals surface area contributed by atoms with E-state index in [4.69, 9.17) is 4.74 Å². The van der Waals surface area contributed by atoms with E-state index in [0.717, 1.165) is 25.0 Å². The van der Waals surface area contributed by atoms with Crippen LogP contribution in [0.25, 0.3) is 0 Å². The minimum atomic E-state index is 0.882. The highest BCUT2D eigenvalue weighted by atomic mass is 16.5. The zero-order valence-corrected chi connectivity index (χ0v) is 8.46. The van der Waals surface area contributed by atoms with Crippen LogP contribution in [0.3, 0.4) is 0 Å². The van der Waals surface area contributed by atoms with Gasteiger partial charge in [-0.2, -0.15) is 0 Å². The quantitative estimate of drug-likeness (QED) is 0.677. The molecule has 0 amide bonds. The highest BCUT2D eigenvalue weighted by Crippen LogP contribution is 2.23. The third kappa shape index (κ3) is 2.42. The third-order valence-corrected chi connectivity index (χ3v) is 3.18. The molecule has 13 heavy (non-hydrogen) atoms. The van der Waals surface area contributed by atoms with Crippen molar-refractivity contribution in [1.82, 2.24) is 10.2 Å². The number of rotatable bonds is 3. The molecule has 0 aromatic carbocycles. The molecule has 2 fully saturated rings. The number of methoxy groups -OCH3 is 1. The van der Waals surface area contributed by atoms with Crippen molar-refractivity contribution in [2.24, 2.45) is 11.8 Å². The lowest BCUT2D eigenvalue weighted by atomic mass is 9.86. The fraction of sp³-hybridized carbons (Fsp3) is 1.00. The Bertz CT molecular complexity index is 151. The van der Waals surface area contributed by atoms with Gasteiger partial charge in [-0.1, -0.05) is 0 Å². The minimum Gasteiger partial charge on any atom is -0.383 e. The van der Waals surface area contributed by atoms with Gasteiger partial charge in [-0.15, -0.1) is 0 Å². The lowest BCUT2D eigenvalue weighted by Gasteiger charge is -2.41. The topological polar surface area (TPSA) is 24.5 Å². The predicted molar refractivity (Wildman–Crippen MR) is 52.8 cm³/mol. The van der Waals surface area contributed by atoms with Crippen LogP contribution in [0.2, 0.25) is 0 Å². The van der Waals surface area contributed by atoms with E-state index in [1.165, 1.54) is 32.6 Å². The summed E-state index contributed by atoms with van der Waals surface area (Å²) in [6.07, 6.45) is 1.44. The van der Waals surface area contributed by atoms with Crippen LogP contribution in [-0.4, -0.2) is 51.3 Å². The van der Waals surface area contributed by atoms with E-state index in [2.05, 4.69) is 10.2 Å². The molecule has 2 bridgehead atoms. The van der Waals surface area contributed by atoms with Crippen LogP contribution >= 0.6 is 0 Å². The molecule has 0 aromatic rings. The van der Waals surface area contributed by atoms with Gasteiger partial charge >= 0.3 is 0 Å². The van der Waals surface area contributed by atoms with Gasteiger partial charge in [-0.05, 0) is 31.3 Å². The van der Waals surface area contributed by atoms with Gasteiger partial charge in [0.1, 0.15) is 0 Å². The minimum absolute atomic E-state index is 0.882. The second-order valence-corrected chi connectivity index (χ2v) is 4.38. The average molecular weight is 184 g/mol. The standard InChI is InChI=1S/C10H20N2O/c1-13-3-2-12-7-9-4-10(8-12)6-11-5-9/h9-11H,2-8H2,1H3/t9-,10-/m0/s1. The van der Waals surface area contributed by atoms with Gasteiger partial charge < -0.3 is 15.0 Å². The lowest BCUT2D eigenvalue weighted by Crippen LogP contribution is -2.51. The number of nitrogens with zero attached hydrogens (tertiary/aromatic N) is 1. The van der Waals surface area contributed by atoms with Crippen molar-refractivity contribution >= 4 is 0 Å². The van der Waals surface area contributed by atoms with Crippen molar-refractivity contribution in [2.75, 3.05) is 46.4 Å². The molecule has 0 aliphatic carbocycles. The molecule has 0 saturated carbocycles. The molecule has 3 nitrogen and oxygen atoms in total. The normalized spacial score (nSPS) is 34.8. The number of hydrogen-bond acceptors (Lipinski definition) is 3. The second kappa shape index (κ2) is 4.40. The summed E-state index contributed by atoms with van der Waals surface area (Å²) in [6.45, 7) is 6.98. The summed E-state index contributed by atoms with van der Waals surface area (Å²) in [4.78, 5) is 2.56. The van der Waals surface area contributed by atoms with Gasteiger partial charge in [0.15, 0.2) is 0 Å². The van der Waals surface area contributed by atoms with E-state index in [1.54, 1.807) is 7.11 Å². The van der Waals surface area contributed by atoms with E-state index in [1.807, 2.05) is 0 Å². The fourth-order valence-corrected chi connectivity index (χ4v) is 2.62. The molecule has 2 aliphatic heterocycles. The van der Waals surface area contributed by atoms with Crippen molar-refractivity contribution in [3.8, 4) is 0 Å². The van der Waals surface area contributed by atoms with E-state index < -0.39 is 0 Å². The largest absolute Gasteiger partial charge is 0.383 e. The van der Waals surface area contributed by atoms with Gasteiger partial charge in [0.25, 0.3) is 0 Å². The van der Waals surface area contributed by atoms with Crippen LogP contribution in [0.5, 0.6) is 0 Å². The van der Waals surface area contributed by atoms with Crippen molar-refractivity contribution in [1.29, 1.82) is 0 Å². The molecule has 76 valence electrons. The average Bonchev–Trinajstić information content (AvgIpc) is 2.14. The molecule has 0 aromatic heterocycles. The summed E-state index contributed by atoms with van der Waals surface area (Å²) in [6, 6.07) is 0. The maximum atomic E-state index is 5.11. The van der Waals surface area contributed by atoms with Crippen molar-refractivity contribution in [2.45, 2.75) is 6.42 Å². The van der Waals surface area contributed by atoms with Gasteiger partial charge in [-0.3, -0.25) is 0 Å². The van der Waals surface area contributed by atoms with Crippen LogP contribution < -0.4 is 5.32 Å². The predicted octanol–water partition coefficient (Wildman–Crippen LogP) is 0.174. The molecule has 2 atom stereocenters. The van der Waals surface area contributed by atoms with Crippen LogP contribution in [0.4, 0.5) is 0 Å². The molecule has 2 rings (SSSR count). The zero-order valence-electron chi connectivity index (χ0n) is 8.46. The number of nitrogens with one attached hydrogen (secondary N) is 1. The van der Waals surface area contributed by atoms with E-state index in [9.17, 15) is 0 Å². The number of fused-ring (bicyclic) bond motifs is 2. The molecule has 0 radical (unpaired) electrons. The molecular weight excluding hydrogens is 164 g/mol. The summed E-state index contributed by atoms with van der Waals surface area (Å²) in [5.74, 6) is 1.79. The Labute approximate surface area is 80.4 Å². The summed E-state index contributed by atoms with van der Waals surface area (Å²) in [5.41, 5.74) is 0. The Balaban J connectivity index is 1.80.